The number of halogens is 2. The lowest BCUT2D eigenvalue weighted by Crippen LogP contribution is -2.54. The summed E-state index contributed by atoms with van der Waals surface area (Å²) in [6.07, 6.45) is 6.54. The van der Waals surface area contributed by atoms with Crippen LogP contribution < -0.4 is 5.32 Å². The van der Waals surface area contributed by atoms with Crippen LogP contribution in [-0.4, -0.2) is 72.0 Å². The third kappa shape index (κ3) is 4.53. The Labute approximate surface area is 162 Å². The van der Waals surface area contributed by atoms with E-state index in [1.807, 2.05) is 11.8 Å². The molecular formula is C17H31Cl2N3OS. The molecule has 140 valence electrons. The smallest absolute Gasteiger partial charge is 0.224 e. The van der Waals surface area contributed by atoms with E-state index in [1.165, 1.54) is 31.4 Å². The average Bonchev–Trinajstić information content (AvgIpc) is 3.19. The van der Waals surface area contributed by atoms with Gasteiger partial charge in [0.1, 0.15) is 0 Å². The van der Waals surface area contributed by atoms with Crippen molar-refractivity contribution < 1.29 is 4.79 Å². The van der Waals surface area contributed by atoms with Crippen LogP contribution in [0.15, 0.2) is 0 Å². The quantitative estimate of drug-likeness (QED) is 0.794. The summed E-state index contributed by atoms with van der Waals surface area (Å²) in [6.45, 7) is 5.17. The van der Waals surface area contributed by atoms with E-state index in [1.54, 1.807) is 0 Å². The second-order valence-electron chi connectivity index (χ2n) is 7.59. The molecule has 2 saturated heterocycles. The van der Waals surface area contributed by atoms with Crippen LogP contribution >= 0.6 is 36.6 Å². The number of thioether (sulfide) groups is 1. The molecule has 4 nitrogen and oxygen atoms in total. The zero-order chi connectivity index (χ0) is 14.9. The van der Waals surface area contributed by atoms with E-state index >= 15 is 0 Å². The van der Waals surface area contributed by atoms with Gasteiger partial charge in [0.05, 0.1) is 0 Å². The van der Waals surface area contributed by atoms with Crippen molar-refractivity contribution in [3.8, 4) is 0 Å². The predicted molar refractivity (Wildman–Crippen MR) is 106 cm³/mol. The Bertz CT molecular complexity index is 415. The van der Waals surface area contributed by atoms with Crippen molar-refractivity contribution in [2.45, 2.75) is 44.2 Å². The Morgan fingerprint density at radius 3 is 2.46 bits per heavy atom. The molecule has 2 heterocycles. The van der Waals surface area contributed by atoms with Gasteiger partial charge in [0.2, 0.25) is 5.91 Å². The summed E-state index contributed by atoms with van der Waals surface area (Å²) in [5.41, 5.74) is 0. The fraction of sp³-hybridized carbons (Fsp3) is 0.941. The van der Waals surface area contributed by atoms with E-state index in [9.17, 15) is 4.79 Å². The molecule has 1 N–H and O–H groups in total. The van der Waals surface area contributed by atoms with E-state index in [-0.39, 0.29) is 24.8 Å². The van der Waals surface area contributed by atoms with Crippen LogP contribution in [0.2, 0.25) is 0 Å². The molecule has 7 heteroatoms. The second kappa shape index (κ2) is 9.31. The van der Waals surface area contributed by atoms with E-state index < -0.39 is 0 Å². The normalized spacial score (nSPS) is 36.1. The van der Waals surface area contributed by atoms with Gasteiger partial charge in [0.15, 0.2) is 0 Å². The topological polar surface area (TPSA) is 35.6 Å². The molecule has 4 rings (SSSR count). The van der Waals surface area contributed by atoms with Gasteiger partial charge in [-0.25, -0.2) is 0 Å². The van der Waals surface area contributed by atoms with Crippen molar-refractivity contribution in [3.63, 3.8) is 0 Å². The highest BCUT2D eigenvalue weighted by molar-refractivity contribution is 7.99. The van der Waals surface area contributed by atoms with Gasteiger partial charge in [-0.05, 0) is 31.1 Å². The molecule has 2 aliphatic heterocycles. The highest BCUT2D eigenvalue weighted by Crippen LogP contribution is 2.46. The SMILES string of the molecule is Cl.Cl.O=C(CC1CSCCN1)N1CCN(C2CC3CCC2C3)CC1. The molecule has 0 spiro atoms. The Morgan fingerprint density at radius 2 is 1.88 bits per heavy atom. The van der Waals surface area contributed by atoms with Crippen LogP contribution in [0.1, 0.15) is 32.1 Å². The molecule has 4 fully saturated rings. The largest absolute Gasteiger partial charge is 0.340 e. The number of piperazine rings is 1. The Kier molecular flexibility index (Phi) is 8.00. The number of hydrogen-bond donors (Lipinski definition) is 1. The maximum atomic E-state index is 12.5. The molecule has 0 radical (unpaired) electrons. The van der Waals surface area contributed by atoms with Gasteiger partial charge in [0, 0.05) is 62.7 Å². The van der Waals surface area contributed by atoms with E-state index in [0.29, 0.717) is 18.4 Å². The lowest BCUT2D eigenvalue weighted by Gasteiger charge is -2.41. The fourth-order valence-corrected chi connectivity index (χ4v) is 6.00. The van der Waals surface area contributed by atoms with Crippen LogP contribution in [0.3, 0.4) is 0 Å². The molecule has 1 amide bonds. The summed E-state index contributed by atoms with van der Waals surface area (Å²) in [7, 11) is 0. The standard InChI is InChI=1S/C17H29N3OS.2ClH/c21-17(11-15-12-22-8-3-18-15)20-6-4-19(5-7-20)16-10-13-1-2-14(16)9-13;;/h13-16,18H,1-12H2;2*1H. The van der Waals surface area contributed by atoms with E-state index in [2.05, 4.69) is 15.1 Å². The van der Waals surface area contributed by atoms with Crippen LogP contribution in [0.4, 0.5) is 0 Å². The molecule has 0 aromatic heterocycles. The summed E-state index contributed by atoms with van der Waals surface area (Å²) < 4.78 is 0. The molecule has 4 aliphatic rings. The third-order valence-electron chi connectivity index (χ3n) is 6.26. The van der Waals surface area contributed by atoms with E-state index in [0.717, 1.165) is 56.4 Å². The number of carbonyl (C=O) groups excluding carboxylic acids is 1. The Hall–Kier alpha value is 0.320. The number of nitrogens with one attached hydrogen (secondary N) is 1. The van der Waals surface area contributed by atoms with Gasteiger partial charge in [-0.15, -0.1) is 24.8 Å². The molecule has 0 aromatic rings. The number of amides is 1. The minimum Gasteiger partial charge on any atom is -0.340 e. The maximum absolute atomic E-state index is 12.5. The summed E-state index contributed by atoms with van der Waals surface area (Å²) in [5, 5.41) is 3.48. The minimum atomic E-state index is 0. The molecular weight excluding hydrogens is 365 g/mol. The molecule has 4 unspecified atom stereocenters. The van der Waals surface area contributed by atoms with E-state index in [4.69, 9.17) is 0 Å². The number of nitrogens with zero attached hydrogens (tertiary/aromatic N) is 2. The van der Waals surface area contributed by atoms with Crippen molar-refractivity contribution >= 4 is 42.5 Å². The van der Waals surface area contributed by atoms with Gasteiger partial charge < -0.3 is 10.2 Å². The first kappa shape index (κ1) is 20.6. The number of fused-ring (bicyclic) bond motifs is 2. The highest BCUT2D eigenvalue weighted by Gasteiger charge is 2.42. The fourth-order valence-electron chi connectivity index (χ4n) is 5.05. The first-order valence-corrected chi connectivity index (χ1v) is 10.3. The summed E-state index contributed by atoms with van der Waals surface area (Å²) in [5.74, 6) is 4.64. The zero-order valence-electron chi connectivity index (χ0n) is 14.3. The number of hydrogen-bond acceptors (Lipinski definition) is 4. The van der Waals surface area contributed by atoms with Crippen molar-refractivity contribution in [1.82, 2.24) is 15.1 Å². The van der Waals surface area contributed by atoms with Gasteiger partial charge in [-0.1, -0.05) is 6.42 Å². The maximum Gasteiger partial charge on any atom is 0.224 e. The van der Waals surface area contributed by atoms with Crippen LogP contribution in [0, 0.1) is 11.8 Å². The summed E-state index contributed by atoms with van der Waals surface area (Å²) in [4.78, 5) is 17.3. The summed E-state index contributed by atoms with van der Waals surface area (Å²) >= 11 is 1.97. The monoisotopic (exact) mass is 395 g/mol. The third-order valence-corrected chi connectivity index (χ3v) is 7.39. The Morgan fingerprint density at radius 1 is 1.08 bits per heavy atom. The Balaban J connectivity index is 0.00000104. The van der Waals surface area contributed by atoms with Crippen LogP contribution in [-0.2, 0) is 4.79 Å². The molecule has 2 saturated carbocycles. The minimum absolute atomic E-state index is 0. The highest BCUT2D eigenvalue weighted by atomic mass is 35.5. The number of carbonyl (C=O) groups is 1. The molecule has 2 bridgehead atoms. The molecule has 4 atom stereocenters. The van der Waals surface area contributed by atoms with Gasteiger partial charge in [-0.3, -0.25) is 9.69 Å². The molecule has 2 aliphatic carbocycles. The van der Waals surface area contributed by atoms with Crippen LogP contribution in [0.5, 0.6) is 0 Å². The van der Waals surface area contributed by atoms with Crippen molar-refractivity contribution in [3.05, 3.63) is 0 Å². The second-order valence-corrected chi connectivity index (χ2v) is 8.74. The first-order valence-electron chi connectivity index (χ1n) is 9.12. The lowest BCUT2D eigenvalue weighted by atomic mass is 9.93. The first-order chi connectivity index (χ1) is 10.8. The lowest BCUT2D eigenvalue weighted by molar-refractivity contribution is -0.133. The average molecular weight is 396 g/mol. The van der Waals surface area contributed by atoms with Gasteiger partial charge >= 0.3 is 0 Å². The number of rotatable bonds is 3. The van der Waals surface area contributed by atoms with Crippen LogP contribution in [0.25, 0.3) is 0 Å². The van der Waals surface area contributed by atoms with Crippen molar-refractivity contribution in [1.29, 1.82) is 0 Å². The van der Waals surface area contributed by atoms with Crippen molar-refractivity contribution in [2.75, 3.05) is 44.2 Å². The van der Waals surface area contributed by atoms with Gasteiger partial charge in [0.25, 0.3) is 0 Å². The predicted octanol–water partition coefficient (Wildman–Crippen LogP) is 2.26. The van der Waals surface area contributed by atoms with Crippen molar-refractivity contribution in [2.24, 2.45) is 11.8 Å². The molecule has 0 aromatic carbocycles. The molecule has 24 heavy (non-hydrogen) atoms. The zero-order valence-corrected chi connectivity index (χ0v) is 16.8. The van der Waals surface area contributed by atoms with Gasteiger partial charge in [-0.2, -0.15) is 11.8 Å². The summed E-state index contributed by atoms with van der Waals surface area (Å²) in [6, 6.07) is 1.24.